The van der Waals surface area contributed by atoms with E-state index in [2.05, 4.69) is 15.3 Å². The van der Waals surface area contributed by atoms with Gasteiger partial charge in [-0.2, -0.15) is 0 Å². The molecule has 0 aliphatic heterocycles. The van der Waals surface area contributed by atoms with Gasteiger partial charge in [-0.25, -0.2) is 24.1 Å². The fraction of sp³-hybridized carbons (Fsp3) is 0.421. The number of nitrogens with zero attached hydrogens (tertiary/aromatic N) is 4. The van der Waals surface area contributed by atoms with Crippen LogP contribution in [0.15, 0.2) is 36.7 Å². The molecular weight excluding hydrogens is 488 g/mol. The molecular formula is C19H23N5O8P2. The van der Waals surface area contributed by atoms with E-state index in [0.717, 1.165) is 5.56 Å². The molecule has 13 nitrogen and oxygen atoms in total. The smallest absolute Gasteiger partial charge is 0.371 e. The Morgan fingerprint density at radius 1 is 1.15 bits per heavy atom. The molecule has 34 heavy (non-hydrogen) atoms. The van der Waals surface area contributed by atoms with Gasteiger partial charge in [-0.3, -0.25) is 9.05 Å². The maximum Gasteiger partial charge on any atom is 0.469 e. The average molecular weight is 511 g/mol. The van der Waals surface area contributed by atoms with Gasteiger partial charge >= 0.3 is 15.6 Å². The minimum absolute atomic E-state index is 0.186. The highest BCUT2D eigenvalue weighted by Crippen LogP contribution is 2.71. The number of imidazole rings is 1. The van der Waals surface area contributed by atoms with Crippen LogP contribution < -0.4 is 5.32 Å². The second-order valence-corrected chi connectivity index (χ2v) is 11.0. The molecule has 15 heteroatoms. The van der Waals surface area contributed by atoms with Gasteiger partial charge in [0.05, 0.1) is 19.0 Å². The second-order valence-electron chi connectivity index (χ2n) is 8.53. The van der Waals surface area contributed by atoms with Crippen LogP contribution in [-0.2, 0) is 18.2 Å². The zero-order valence-electron chi connectivity index (χ0n) is 17.9. The minimum Gasteiger partial charge on any atom is -0.371 e. The molecule has 2 heterocycles. The van der Waals surface area contributed by atoms with Gasteiger partial charge in [0.2, 0.25) is 0 Å². The number of aromatic nitrogens is 4. The maximum atomic E-state index is 11.6. The van der Waals surface area contributed by atoms with Crippen LogP contribution in [0.5, 0.6) is 0 Å². The molecule has 3 aromatic rings. The fourth-order valence-electron chi connectivity index (χ4n) is 4.99. The van der Waals surface area contributed by atoms with Crippen molar-refractivity contribution in [1.82, 2.24) is 19.5 Å². The highest BCUT2D eigenvalue weighted by molar-refractivity contribution is 7.46. The van der Waals surface area contributed by atoms with Crippen LogP contribution >= 0.6 is 15.6 Å². The summed E-state index contributed by atoms with van der Waals surface area (Å²) >= 11 is 0. The molecule has 2 aromatic heterocycles. The number of hydrogen-bond donors (Lipinski definition) is 5. The van der Waals surface area contributed by atoms with Crippen LogP contribution in [0.4, 0.5) is 5.82 Å². The van der Waals surface area contributed by atoms with Gasteiger partial charge < -0.3 is 29.5 Å². The van der Waals surface area contributed by atoms with E-state index in [4.69, 9.17) is 14.0 Å². The maximum absolute atomic E-state index is 11.6. The quantitative estimate of drug-likeness (QED) is 0.277. The molecule has 182 valence electrons. The fourth-order valence-corrected chi connectivity index (χ4v) is 6.03. The van der Waals surface area contributed by atoms with Gasteiger partial charge in [-0.15, -0.1) is 0 Å². The third-order valence-corrected chi connectivity index (χ3v) is 7.55. The number of fused-ring (bicyclic) bond motifs is 2. The summed E-state index contributed by atoms with van der Waals surface area (Å²) in [6.45, 7) is -0.387. The molecule has 0 radical (unpaired) electrons. The predicted molar refractivity (Wildman–Crippen MR) is 119 cm³/mol. The van der Waals surface area contributed by atoms with Crippen LogP contribution in [0.2, 0.25) is 0 Å². The van der Waals surface area contributed by atoms with Crippen LogP contribution in [0.3, 0.4) is 0 Å². The van der Waals surface area contributed by atoms with Crippen LogP contribution in [-0.4, -0.2) is 58.9 Å². The molecule has 2 fully saturated rings. The minimum atomic E-state index is -4.85. The van der Waals surface area contributed by atoms with E-state index in [1.54, 1.807) is 13.4 Å². The zero-order chi connectivity index (χ0) is 24.3. The first-order chi connectivity index (χ1) is 16.0. The lowest BCUT2D eigenvalue weighted by Crippen LogP contribution is -2.26. The normalized spacial score (nSPS) is 26.6. The number of phosphoric acid groups is 2. The third-order valence-electron chi connectivity index (χ3n) is 6.55. The summed E-state index contributed by atoms with van der Waals surface area (Å²) in [6, 6.07) is 9.07. The number of rotatable bonds is 8. The number of benzene rings is 1. The molecule has 5 rings (SSSR count). The molecule has 0 bridgehead atoms. The van der Waals surface area contributed by atoms with Crippen molar-refractivity contribution < 1.29 is 37.8 Å². The summed E-state index contributed by atoms with van der Waals surface area (Å²) in [5.74, 6) is 0.795. The van der Waals surface area contributed by atoms with Crippen molar-refractivity contribution in [2.75, 3.05) is 19.0 Å². The molecule has 0 unspecified atom stereocenters. The Kier molecular flexibility index (Phi) is 5.66. The van der Waals surface area contributed by atoms with E-state index in [1.807, 2.05) is 34.9 Å². The lowest BCUT2D eigenvalue weighted by atomic mass is 10.0. The van der Waals surface area contributed by atoms with Crippen molar-refractivity contribution in [2.45, 2.75) is 25.0 Å². The zero-order valence-corrected chi connectivity index (χ0v) is 19.7. The van der Waals surface area contributed by atoms with Crippen molar-refractivity contribution in [3.8, 4) is 11.4 Å². The van der Waals surface area contributed by atoms with Gasteiger partial charge in [-0.1, -0.05) is 30.3 Å². The Morgan fingerprint density at radius 2 is 1.88 bits per heavy atom. The van der Waals surface area contributed by atoms with Gasteiger partial charge in [-0.05, 0) is 18.8 Å². The Bertz CT molecular complexity index is 1320. The highest BCUT2D eigenvalue weighted by atomic mass is 31.2. The third kappa shape index (κ3) is 4.30. The van der Waals surface area contributed by atoms with Crippen molar-refractivity contribution in [1.29, 1.82) is 0 Å². The predicted octanol–water partition coefficient (Wildman–Crippen LogP) is 2.07. The van der Waals surface area contributed by atoms with E-state index in [1.165, 1.54) is 0 Å². The monoisotopic (exact) mass is 511 g/mol. The van der Waals surface area contributed by atoms with Crippen molar-refractivity contribution >= 4 is 32.6 Å². The first-order valence-electron chi connectivity index (χ1n) is 10.4. The summed E-state index contributed by atoms with van der Waals surface area (Å²) in [7, 11) is -7.91. The number of phosphoric ester groups is 2. The topological polar surface area (TPSA) is 189 Å². The first-order valence-corrected chi connectivity index (χ1v) is 13.5. The Hall–Kier alpha value is -2.21. The average Bonchev–Trinajstić information content (AvgIpc) is 3.24. The van der Waals surface area contributed by atoms with Crippen LogP contribution in [0.25, 0.3) is 22.6 Å². The van der Waals surface area contributed by atoms with E-state index in [9.17, 15) is 28.7 Å². The molecule has 2 saturated carbocycles. The molecule has 1 aromatic carbocycles. The highest BCUT2D eigenvalue weighted by Gasteiger charge is 2.70. The van der Waals surface area contributed by atoms with Crippen molar-refractivity contribution in [3.05, 3.63) is 36.7 Å². The van der Waals surface area contributed by atoms with Crippen molar-refractivity contribution in [3.63, 3.8) is 0 Å². The van der Waals surface area contributed by atoms with E-state index in [-0.39, 0.29) is 25.0 Å². The van der Waals surface area contributed by atoms with Gasteiger partial charge in [0.25, 0.3) is 0 Å². The van der Waals surface area contributed by atoms with E-state index >= 15 is 0 Å². The van der Waals surface area contributed by atoms with Crippen LogP contribution in [0, 0.1) is 11.3 Å². The van der Waals surface area contributed by atoms with Gasteiger partial charge in [0.15, 0.2) is 17.3 Å². The number of nitrogens with one attached hydrogen (secondary N) is 1. The Labute approximate surface area is 193 Å². The lowest BCUT2D eigenvalue weighted by Gasteiger charge is -2.24. The van der Waals surface area contributed by atoms with Crippen LogP contribution in [0.1, 0.15) is 18.9 Å². The molecule has 2 aliphatic rings. The summed E-state index contributed by atoms with van der Waals surface area (Å²) in [5.41, 5.74) is 0.916. The summed E-state index contributed by atoms with van der Waals surface area (Å²) in [6.07, 6.45) is 1.22. The molecule has 0 amide bonds. The summed E-state index contributed by atoms with van der Waals surface area (Å²) in [5, 5.41) is 3.03. The molecule has 5 N–H and O–H groups in total. The Balaban J connectivity index is 1.55. The number of hydrogen-bond acceptors (Lipinski definition) is 8. The standard InChI is InChI=1S/C19H23N5O8P2/c1-20-17-15-18(23-16(22-17)11-5-3-2-4-6-11)24(10-21-15)13-7-14(32-34(28,29)30)19(8-12(13)19)9-31-33(25,26)27/h2-6,10,12-14H,7-9H2,1H3,(H,20,22,23)(H2,25,26,27)(H2,28,29,30)/t12-,13-,14+,19+/m1/s1. The van der Waals surface area contributed by atoms with Crippen molar-refractivity contribution in [2.24, 2.45) is 11.3 Å². The van der Waals surface area contributed by atoms with E-state index in [0.29, 0.717) is 29.2 Å². The molecule has 0 spiro atoms. The summed E-state index contributed by atoms with van der Waals surface area (Å²) in [4.78, 5) is 50.9. The molecule has 2 aliphatic carbocycles. The number of anilines is 1. The molecule has 4 atom stereocenters. The second kappa shape index (κ2) is 8.18. The van der Waals surface area contributed by atoms with Gasteiger partial charge in [0, 0.05) is 24.1 Å². The Morgan fingerprint density at radius 3 is 2.53 bits per heavy atom. The molecule has 0 saturated heterocycles. The lowest BCUT2D eigenvalue weighted by molar-refractivity contribution is 0.0499. The van der Waals surface area contributed by atoms with E-state index < -0.39 is 27.2 Å². The summed E-state index contributed by atoms with van der Waals surface area (Å²) < 4.78 is 34.5. The first kappa shape index (κ1) is 23.5. The SMILES string of the molecule is CNc1nc(-c2ccccc2)nc2c1ncn2[C@@H]1C[C@H](OP(=O)(O)O)[C@]2(COP(=O)(O)O)C[C@H]12. The largest absolute Gasteiger partial charge is 0.469 e. The van der Waals surface area contributed by atoms with Gasteiger partial charge in [0.1, 0.15) is 5.52 Å².